The lowest BCUT2D eigenvalue weighted by Gasteiger charge is -2.20. The third kappa shape index (κ3) is 4.20. The molecule has 2 amide bonds. The first-order valence-electron chi connectivity index (χ1n) is 5.10. The Morgan fingerprint density at radius 1 is 1.25 bits per heavy atom. The summed E-state index contributed by atoms with van der Waals surface area (Å²) >= 11 is 0. The van der Waals surface area contributed by atoms with E-state index in [1.807, 2.05) is 12.2 Å². The fraction of sp³-hybridized carbons (Fsp3) is 0.600. The lowest BCUT2D eigenvalue weighted by molar-refractivity contribution is 0.0781. The zero-order chi connectivity index (χ0) is 12.0. The molecule has 0 heterocycles. The van der Waals surface area contributed by atoms with Gasteiger partial charge in [0.15, 0.2) is 0 Å². The standard InChI is InChI=1S/C10H16N2O4/c11-9(13)15-5-8(6-16-10(12)14)7-3-1-2-4-7/h1,3,7-8H,2,4-6H2,(H2,11,13)(H2,12,14). The molecular formula is C10H16N2O4. The predicted molar refractivity (Wildman–Crippen MR) is 56.4 cm³/mol. The molecule has 0 saturated heterocycles. The highest BCUT2D eigenvalue weighted by Crippen LogP contribution is 2.26. The van der Waals surface area contributed by atoms with Crippen LogP contribution >= 0.6 is 0 Å². The van der Waals surface area contributed by atoms with Crippen molar-refractivity contribution in [3.63, 3.8) is 0 Å². The highest BCUT2D eigenvalue weighted by molar-refractivity contribution is 5.65. The van der Waals surface area contributed by atoms with E-state index in [-0.39, 0.29) is 25.0 Å². The molecule has 4 N–H and O–H groups in total. The van der Waals surface area contributed by atoms with E-state index in [4.69, 9.17) is 20.9 Å². The summed E-state index contributed by atoms with van der Waals surface area (Å²) in [6.45, 7) is 0.273. The molecule has 1 unspecified atom stereocenters. The summed E-state index contributed by atoms with van der Waals surface area (Å²) in [7, 11) is 0. The Kier molecular flexibility index (Phi) is 4.63. The van der Waals surface area contributed by atoms with Gasteiger partial charge in [-0.25, -0.2) is 9.59 Å². The van der Waals surface area contributed by atoms with Gasteiger partial charge in [-0.1, -0.05) is 12.2 Å². The molecule has 6 nitrogen and oxygen atoms in total. The molecule has 6 heteroatoms. The minimum atomic E-state index is -0.828. The van der Waals surface area contributed by atoms with Gasteiger partial charge < -0.3 is 20.9 Å². The molecule has 0 fully saturated rings. The van der Waals surface area contributed by atoms with Gasteiger partial charge in [0.05, 0.1) is 13.2 Å². The number of carbonyl (C=O) groups is 2. The Balaban J connectivity index is 2.43. The number of rotatable bonds is 5. The average Bonchev–Trinajstić information content (AvgIpc) is 2.70. The fourth-order valence-corrected chi connectivity index (χ4v) is 1.72. The largest absolute Gasteiger partial charge is 0.449 e. The number of carbonyl (C=O) groups excluding carboxylic acids is 2. The summed E-state index contributed by atoms with van der Waals surface area (Å²) in [4.78, 5) is 21.0. The quantitative estimate of drug-likeness (QED) is 0.677. The minimum absolute atomic E-state index is 0.0845. The molecule has 1 rings (SSSR count). The molecule has 0 spiro atoms. The van der Waals surface area contributed by atoms with Crippen LogP contribution < -0.4 is 11.5 Å². The topological polar surface area (TPSA) is 105 Å². The summed E-state index contributed by atoms with van der Waals surface area (Å²) in [6, 6.07) is 0. The first kappa shape index (κ1) is 12.4. The number of hydrogen-bond donors (Lipinski definition) is 2. The number of allylic oxidation sites excluding steroid dienone is 2. The zero-order valence-electron chi connectivity index (χ0n) is 8.93. The third-order valence-electron chi connectivity index (χ3n) is 2.53. The monoisotopic (exact) mass is 228 g/mol. The van der Waals surface area contributed by atoms with E-state index >= 15 is 0 Å². The molecule has 16 heavy (non-hydrogen) atoms. The van der Waals surface area contributed by atoms with Crippen LogP contribution in [0.25, 0.3) is 0 Å². The molecular weight excluding hydrogens is 212 g/mol. The summed E-state index contributed by atoms with van der Waals surface area (Å²) in [5.41, 5.74) is 9.77. The summed E-state index contributed by atoms with van der Waals surface area (Å²) in [5.74, 6) is 0.150. The van der Waals surface area contributed by atoms with E-state index in [2.05, 4.69) is 0 Å². The van der Waals surface area contributed by atoms with E-state index in [1.54, 1.807) is 0 Å². The number of hydrogen-bond acceptors (Lipinski definition) is 4. The van der Waals surface area contributed by atoms with Gasteiger partial charge >= 0.3 is 12.2 Å². The van der Waals surface area contributed by atoms with Crippen molar-refractivity contribution in [2.75, 3.05) is 13.2 Å². The summed E-state index contributed by atoms with van der Waals surface area (Å²) < 4.78 is 9.44. The van der Waals surface area contributed by atoms with Crippen molar-refractivity contribution < 1.29 is 19.1 Å². The van der Waals surface area contributed by atoms with Crippen molar-refractivity contribution in [2.24, 2.45) is 23.3 Å². The number of primary amides is 2. The van der Waals surface area contributed by atoms with Crippen LogP contribution in [-0.2, 0) is 9.47 Å². The maximum Gasteiger partial charge on any atom is 0.404 e. The van der Waals surface area contributed by atoms with Crippen molar-refractivity contribution >= 4 is 12.2 Å². The molecule has 1 aliphatic rings. The van der Waals surface area contributed by atoms with Gasteiger partial charge in [-0.3, -0.25) is 0 Å². The Bertz CT molecular complexity index is 273. The van der Waals surface area contributed by atoms with E-state index in [0.717, 1.165) is 12.8 Å². The van der Waals surface area contributed by atoms with Crippen molar-refractivity contribution in [1.29, 1.82) is 0 Å². The molecule has 0 aromatic carbocycles. The maximum atomic E-state index is 10.5. The molecule has 0 aliphatic heterocycles. The van der Waals surface area contributed by atoms with Crippen molar-refractivity contribution in [3.05, 3.63) is 12.2 Å². The van der Waals surface area contributed by atoms with Crippen LogP contribution in [0.15, 0.2) is 12.2 Å². The zero-order valence-corrected chi connectivity index (χ0v) is 8.93. The molecule has 1 atom stereocenters. The van der Waals surface area contributed by atoms with E-state index < -0.39 is 12.2 Å². The van der Waals surface area contributed by atoms with Gasteiger partial charge in [0.2, 0.25) is 0 Å². The predicted octanol–water partition coefficient (Wildman–Crippen LogP) is 0.759. The molecule has 0 radical (unpaired) electrons. The highest BCUT2D eigenvalue weighted by Gasteiger charge is 2.24. The molecule has 90 valence electrons. The third-order valence-corrected chi connectivity index (χ3v) is 2.53. The second-order valence-electron chi connectivity index (χ2n) is 3.69. The van der Waals surface area contributed by atoms with Crippen molar-refractivity contribution in [2.45, 2.75) is 12.8 Å². The SMILES string of the molecule is NC(=O)OCC(COC(N)=O)C1C=CCC1. The van der Waals surface area contributed by atoms with Crippen LogP contribution in [0, 0.1) is 11.8 Å². The molecule has 0 saturated carbocycles. The normalized spacial score (nSPS) is 18.7. The Hall–Kier alpha value is -1.72. The van der Waals surface area contributed by atoms with Gasteiger partial charge in [-0.15, -0.1) is 0 Å². The highest BCUT2D eigenvalue weighted by atomic mass is 16.6. The first-order valence-corrected chi connectivity index (χ1v) is 5.10. The van der Waals surface area contributed by atoms with Crippen LogP contribution in [0.4, 0.5) is 9.59 Å². The Morgan fingerprint density at radius 2 is 1.81 bits per heavy atom. The Morgan fingerprint density at radius 3 is 2.19 bits per heavy atom. The van der Waals surface area contributed by atoms with Crippen LogP contribution in [0.5, 0.6) is 0 Å². The average molecular weight is 228 g/mol. The lowest BCUT2D eigenvalue weighted by atomic mass is 9.93. The fourth-order valence-electron chi connectivity index (χ4n) is 1.72. The van der Waals surface area contributed by atoms with Crippen LogP contribution in [-0.4, -0.2) is 25.4 Å². The van der Waals surface area contributed by atoms with Gasteiger partial charge in [-0.05, 0) is 18.8 Å². The van der Waals surface area contributed by atoms with E-state index in [0.29, 0.717) is 0 Å². The molecule has 0 bridgehead atoms. The molecule has 0 aromatic heterocycles. The number of amides is 2. The van der Waals surface area contributed by atoms with Gasteiger partial charge in [-0.2, -0.15) is 0 Å². The first-order chi connectivity index (χ1) is 7.59. The van der Waals surface area contributed by atoms with Crippen molar-refractivity contribution in [3.8, 4) is 0 Å². The molecule has 0 aromatic rings. The van der Waals surface area contributed by atoms with Gasteiger partial charge in [0, 0.05) is 5.92 Å². The number of nitrogens with two attached hydrogens (primary N) is 2. The van der Waals surface area contributed by atoms with Gasteiger partial charge in [0.1, 0.15) is 0 Å². The van der Waals surface area contributed by atoms with Crippen LogP contribution in [0.1, 0.15) is 12.8 Å². The van der Waals surface area contributed by atoms with Crippen LogP contribution in [0.2, 0.25) is 0 Å². The second kappa shape index (κ2) is 5.99. The second-order valence-corrected chi connectivity index (χ2v) is 3.69. The summed E-state index contributed by atoms with van der Waals surface area (Å²) in [5, 5.41) is 0. The minimum Gasteiger partial charge on any atom is -0.449 e. The van der Waals surface area contributed by atoms with E-state index in [1.165, 1.54) is 0 Å². The van der Waals surface area contributed by atoms with Gasteiger partial charge in [0.25, 0.3) is 0 Å². The van der Waals surface area contributed by atoms with Crippen molar-refractivity contribution in [1.82, 2.24) is 0 Å². The van der Waals surface area contributed by atoms with Crippen LogP contribution in [0.3, 0.4) is 0 Å². The maximum absolute atomic E-state index is 10.5. The smallest absolute Gasteiger partial charge is 0.404 e. The van der Waals surface area contributed by atoms with E-state index in [9.17, 15) is 9.59 Å². The Labute approximate surface area is 93.6 Å². The lowest BCUT2D eigenvalue weighted by Crippen LogP contribution is -2.28. The number of ether oxygens (including phenoxy) is 2. The summed E-state index contributed by atoms with van der Waals surface area (Å²) in [6.07, 6.45) is 4.35. The molecule has 1 aliphatic carbocycles.